The number of benzene rings is 3. The molecule has 38 heavy (non-hydrogen) atoms. The summed E-state index contributed by atoms with van der Waals surface area (Å²) in [6.07, 6.45) is 0. The molecule has 1 atom stereocenters. The molecule has 0 aliphatic rings. The van der Waals surface area contributed by atoms with Crippen molar-refractivity contribution in [1.29, 1.82) is 0 Å². The summed E-state index contributed by atoms with van der Waals surface area (Å²) in [6, 6.07) is 19.3. The van der Waals surface area contributed by atoms with Crippen LogP contribution in [0, 0.1) is 0 Å². The van der Waals surface area contributed by atoms with Gasteiger partial charge in [-0.1, -0.05) is 55.4 Å². The maximum Gasteiger partial charge on any atom is 0.243 e. The van der Waals surface area contributed by atoms with Gasteiger partial charge in [0.15, 0.2) is 5.16 Å². The van der Waals surface area contributed by atoms with Gasteiger partial charge in [-0.2, -0.15) is 4.31 Å². The molecule has 200 valence electrons. The van der Waals surface area contributed by atoms with Crippen molar-refractivity contribution in [3.05, 3.63) is 71.8 Å². The molecule has 1 heterocycles. The number of para-hydroxylation sites is 2. The van der Waals surface area contributed by atoms with Gasteiger partial charge in [0.05, 0.1) is 34.0 Å². The minimum Gasteiger partial charge on any atom is -0.495 e. The number of thioether (sulfide) groups is 1. The van der Waals surface area contributed by atoms with Gasteiger partial charge in [-0.25, -0.2) is 13.4 Å². The molecule has 8 nitrogen and oxygen atoms in total. The van der Waals surface area contributed by atoms with Crippen LogP contribution in [0.3, 0.4) is 0 Å². The maximum atomic E-state index is 13.2. The summed E-state index contributed by atoms with van der Waals surface area (Å²) >= 11 is 7.32. The van der Waals surface area contributed by atoms with E-state index in [2.05, 4.69) is 5.32 Å². The molecule has 3 aromatic carbocycles. The lowest BCUT2D eigenvalue weighted by Crippen LogP contribution is -2.30. The van der Waals surface area contributed by atoms with E-state index < -0.39 is 15.3 Å². The van der Waals surface area contributed by atoms with Crippen molar-refractivity contribution < 1.29 is 17.9 Å². The maximum absolute atomic E-state index is 13.2. The number of sulfonamides is 1. The zero-order valence-electron chi connectivity index (χ0n) is 21.5. The van der Waals surface area contributed by atoms with Crippen LogP contribution in [0.15, 0.2) is 76.8 Å². The van der Waals surface area contributed by atoms with Crippen molar-refractivity contribution in [2.45, 2.75) is 36.1 Å². The third-order valence-corrected chi connectivity index (χ3v) is 9.34. The number of fused-ring (bicyclic) bond motifs is 1. The highest BCUT2D eigenvalue weighted by Crippen LogP contribution is 2.35. The normalized spacial score (nSPS) is 12.6. The van der Waals surface area contributed by atoms with Crippen LogP contribution in [0.5, 0.6) is 5.75 Å². The molecular weight excluding hydrogens is 544 g/mol. The molecule has 0 spiro atoms. The fourth-order valence-corrected chi connectivity index (χ4v) is 6.66. The molecule has 4 aromatic rings. The zero-order valence-corrected chi connectivity index (χ0v) is 23.9. The highest BCUT2D eigenvalue weighted by molar-refractivity contribution is 8.00. The Morgan fingerprint density at radius 2 is 1.84 bits per heavy atom. The summed E-state index contributed by atoms with van der Waals surface area (Å²) in [5.74, 6) is 0.394. The number of nitrogens with one attached hydrogen (secondary N) is 1. The van der Waals surface area contributed by atoms with Crippen LogP contribution in [0.25, 0.3) is 16.7 Å². The minimum atomic E-state index is -3.67. The lowest BCUT2D eigenvalue weighted by molar-refractivity contribution is -0.115. The first-order valence-electron chi connectivity index (χ1n) is 12.1. The van der Waals surface area contributed by atoms with E-state index in [-0.39, 0.29) is 10.8 Å². The van der Waals surface area contributed by atoms with Gasteiger partial charge < -0.3 is 10.1 Å². The number of carbonyl (C=O) groups excluding carboxylic acids is 1. The average molecular weight is 573 g/mol. The van der Waals surface area contributed by atoms with Crippen LogP contribution in [-0.4, -0.2) is 53.6 Å². The van der Waals surface area contributed by atoms with Crippen LogP contribution in [0.4, 0.5) is 5.69 Å². The Bertz CT molecular complexity index is 1570. The van der Waals surface area contributed by atoms with E-state index in [9.17, 15) is 13.2 Å². The van der Waals surface area contributed by atoms with Crippen LogP contribution < -0.4 is 10.1 Å². The number of carbonyl (C=O) groups is 1. The number of hydrogen-bond acceptors (Lipinski definition) is 6. The lowest BCUT2D eigenvalue weighted by atomic mass is 10.2. The third kappa shape index (κ3) is 5.68. The monoisotopic (exact) mass is 572 g/mol. The van der Waals surface area contributed by atoms with Gasteiger partial charge in [0, 0.05) is 23.8 Å². The van der Waals surface area contributed by atoms with Crippen LogP contribution >= 0.6 is 23.4 Å². The van der Waals surface area contributed by atoms with E-state index in [1.165, 1.54) is 16.1 Å². The highest BCUT2D eigenvalue weighted by Gasteiger charge is 2.25. The second-order valence-corrected chi connectivity index (χ2v) is 12.1. The molecule has 1 N–H and O–H groups in total. The standard InChI is InChI=1S/C27H29ClN4O4S2/c1-5-31(6-2)38(34,35)21-14-15-23-22(17-21)30-27(32(23)24-12-7-8-13-25(24)36-4)37-18(3)26(33)29-20-11-9-10-19(28)16-20/h7-18H,5-6H2,1-4H3,(H,29,33). The fourth-order valence-electron chi connectivity index (χ4n) is 4.06. The molecule has 0 bridgehead atoms. The summed E-state index contributed by atoms with van der Waals surface area (Å²) < 4.78 is 35.2. The molecule has 0 aliphatic carbocycles. The Balaban J connectivity index is 1.78. The molecule has 0 fully saturated rings. The van der Waals surface area contributed by atoms with Crippen molar-refractivity contribution >= 4 is 56.0 Å². The van der Waals surface area contributed by atoms with E-state index in [0.29, 0.717) is 45.7 Å². The number of nitrogens with zero attached hydrogens (tertiary/aromatic N) is 3. The molecule has 0 radical (unpaired) electrons. The topological polar surface area (TPSA) is 93.5 Å². The van der Waals surface area contributed by atoms with Gasteiger partial charge in [-0.15, -0.1) is 0 Å². The molecule has 0 saturated heterocycles. The summed E-state index contributed by atoms with van der Waals surface area (Å²) in [4.78, 5) is 18.0. The number of halogens is 1. The molecule has 0 aliphatic heterocycles. The zero-order chi connectivity index (χ0) is 27.4. The van der Waals surface area contributed by atoms with Crippen LogP contribution in [0.1, 0.15) is 20.8 Å². The molecule has 1 unspecified atom stereocenters. The summed E-state index contributed by atoms with van der Waals surface area (Å²) in [6.45, 7) is 6.13. The fraction of sp³-hybridized carbons (Fsp3) is 0.259. The second kappa shape index (κ2) is 11.8. The second-order valence-electron chi connectivity index (χ2n) is 8.40. The first kappa shape index (κ1) is 28.0. The number of aromatic nitrogens is 2. The number of hydrogen-bond donors (Lipinski definition) is 1. The van der Waals surface area contributed by atoms with Crippen molar-refractivity contribution in [3.63, 3.8) is 0 Å². The Kier molecular flexibility index (Phi) is 8.67. The van der Waals surface area contributed by atoms with Crippen molar-refractivity contribution in [2.24, 2.45) is 0 Å². The van der Waals surface area contributed by atoms with Crippen LogP contribution in [0.2, 0.25) is 5.02 Å². The predicted octanol–water partition coefficient (Wildman–Crippen LogP) is 5.84. The molecule has 1 aromatic heterocycles. The average Bonchev–Trinajstić information content (AvgIpc) is 3.25. The molecule has 1 amide bonds. The predicted molar refractivity (Wildman–Crippen MR) is 153 cm³/mol. The van der Waals surface area contributed by atoms with Gasteiger partial charge in [0.2, 0.25) is 15.9 Å². The Hall–Kier alpha value is -3.05. The number of methoxy groups -OCH3 is 1. The number of amides is 1. The summed E-state index contributed by atoms with van der Waals surface area (Å²) in [5, 5.41) is 3.40. The molecular formula is C27H29ClN4O4S2. The first-order valence-corrected chi connectivity index (χ1v) is 14.8. The largest absolute Gasteiger partial charge is 0.495 e. The first-order chi connectivity index (χ1) is 18.2. The minimum absolute atomic E-state index is 0.168. The van der Waals surface area contributed by atoms with E-state index >= 15 is 0 Å². The molecule has 0 saturated carbocycles. The van der Waals surface area contributed by atoms with E-state index in [4.69, 9.17) is 21.3 Å². The highest BCUT2D eigenvalue weighted by atomic mass is 35.5. The van der Waals surface area contributed by atoms with Gasteiger partial charge >= 0.3 is 0 Å². The summed E-state index contributed by atoms with van der Waals surface area (Å²) in [5.41, 5.74) is 2.51. The van der Waals surface area contributed by atoms with Crippen molar-refractivity contribution in [1.82, 2.24) is 13.9 Å². The number of anilines is 1. The van der Waals surface area contributed by atoms with E-state index in [0.717, 1.165) is 5.69 Å². The third-order valence-electron chi connectivity index (χ3n) is 6.01. The molecule has 11 heteroatoms. The molecule has 4 rings (SSSR count). The van der Waals surface area contributed by atoms with Gasteiger partial charge in [0.1, 0.15) is 5.75 Å². The SMILES string of the molecule is CCN(CC)S(=O)(=O)c1ccc2c(c1)nc(SC(C)C(=O)Nc1cccc(Cl)c1)n2-c1ccccc1OC. The summed E-state index contributed by atoms with van der Waals surface area (Å²) in [7, 11) is -2.09. The van der Waals surface area contributed by atoms with Gasteiger partial charge in [-0.3, -0.25) is 9.36 Å². The lowest BCUT2D eigenvalue weighted by Gasteiger charge is -2.18. The Morgan fingerprint density at radius 3 is 2.53 bits per heavy atom. The van der Waals surface area contributed by atoms with Crippen molar-refractivity contribution in [2.75, 3.05) is 25.5 Å². The quantitative estimate of drug-likeness (QED) is 0.240. The number of rotatable bonds is 10. The Labute approximate surface area is 232 Å². The smallest absolute Gasteiger partial charge is 0.243 e. The number of imidazole rings is 1. The number of ether oxygens (including phenoxy) is 1. The van der Waals surface area contributed by atoms with Gasteiger partial charge in [-0.05, 0) is 55.5 Å². The van der Waals surface area contributed by atoms with Crippen LogP contribution in [-0.2, 0) is 14.8 Å². The van der Waals surface area contributed by atoms with Gasteiger partial charge in [0.25, 0.3) is 0 Å². The van der Waals surface area contributed by atoms with E-state index in [1.54, 1.807) is 70.3 Å². The Morgan fingerprint density at radius 1 is 1.11 bits per heavy atom. The van der Waals surface area contributed by atoms with Crippen molar-refractivity contribution in [3.8, 4) is 11.4 Å². The van der Waals surface area contributed by atoms with E-state index in [1.807, 2.05) is 28.8 Å².